The Morgan fingerprint density at radius 2 is 1.68 bits per heavy atom. The van der Waals surface area contributed by atoms with E-state index in [0.717, 1.165) is 16.3 Å². The number of hydrogen-bond donors (Lipinski definition) is 2. The summed E-state index contributed by atoms with van der Waals surface area (Å²) in [7, 11) is 0. The Balaban J connectivity index is 2.00. The fourth-order valence-corrected chi connectivity index (χ4v) is 4.60. The van der Waals surface area contributed by atoms with Crippen LogP contribution in [-0.2, 0) is 14.3 Å². The molecule has 0 aliphatic heterocycles. The third-order valence-electron chi connectivity index (χ3n) is 6.24. The lowest BCUT2D eigenvalue weighted by atomic mass is 9.98. The summed E-state index contributed by atoms with van der Waals surface area (Å²) in [6, 6.07) is 19.3. The van der Waals surface area contributed by atoms with Crippen LogP contribution in [0.2, 0.25) is 0 Å². The number of ether oxygens (including phenoxy) is 1. The molecule has 0 radical (unpaired) electrons. The molecule has 3 amide bonds. The van der Waals surface area contributed by atoms with Gasteiger partial charge in [-0.15, -0.1) is 6.58 Å². The quantitative estimate of drug-likeness (QED) is 0.276. The first-order valence-corrected chi connectivity index (χ1v) is 13.6. The van der Waals surface area contributed by atoms with E-state index in [-0.39, 0.29) is 24.3 Å². The molecule has 0 aliphatic carbocycles. The summed E-state index contributed by atoms with van der Waals surface area (Å²) in [5, 5.41) is 7.82. The highest BCUT2D eigenvalue weighted by molar-refractivity contribution is 6.00. The molecule has 0 saturated carbocycles. The number of hydrogen-bond acceptors (Lipinski definition) is 4. The van der Waals surface area contributed by atoms with E-state index in [1.807, 2.05) is 87.5 Å². The standard InChI is InChI=1S/C33H41N3O4/c1-8-18-36(31(38)28(19-22(2)3)35-32(39)40-33(5,6)7)29(26-15-11-12-23(4)20-26)30(37)34-27-17-16-24-13-9-10-14-25(24)21-27/h8-17,20-22,28-29H,1,18-19H2,2-7H3,(H,34,37)(H,35,39). The Bertz CT molecular complexity index is 1360. The first kappa shape index (κ1) is 30.4. The van der Waals surface area contributed by atoms with Gasteiger partial charge in [0.2, 0.25) is 5.91 Å². The van der Waals surface area contributed by atoms with E-state index in [2.05, 4.69) is 17.2 Å². The van der Waals surface area contributed by atoms with Crippen LogP contribution in [0.1, 0.15) is 58.2 Å². The molecule has 0 heterocycles. The molecule has 3 aromatic carbocycles. The maximum absolute atomic E-state index is 14.1. The van der Waals surface area contributed by atoms with E-state index in [9.17, 15) is 14.4 Å². The summed E-state index contributed by atoms with van der Waals surface area (Å²) in [6.07, 6.45) is 1.28. The molecule has 0 fully saturated rings. The van der Waals surface area contributed by atoms with Crippen LogP contribution in [0.25, 0.3) is 10.8 Å². The first-order chi connectivity index (χ1) is 18.9. The van der Waals surface area contributed by atoms with Crippen molar-refractivity contribution in [2.45, 2.75) is 65.6 Å². The molecule has 0 aromatic heterocycles. The SMILES string of the molecule is C=CCN(C(=O)C(CC(C)C)NC(=O)OC(C)(C)C)C(C(=O)Nc1ccc2ccccc2c1)c1cccc(C)c1. The van der Waals surface area contributed by atoms with Gasteiger partial charge in [0.1, 0.15) is 17.7 Å². The average molecular weight is 544 g/mol. The predicted octanol–water partition coefficient (Wildman–Crippen LogP) is 6.78. The van der Waals surface area contributed by atoms with Crippen LogP contribution in [0.3, 0.4) is 0 Å². The van der Waals surface area contributed by atoms with Crippen LogP contribution in [0.15, 0.2) is 79.4 Å². The lowest BCUT2D eigenvalue weighted by Crippen LogP contribution is -2.52. The minimum atomic E-state index is -0.966. The van der Waals surface area contributed by atoms with Crippen LogP contribution in [0, 0.1) is 12.8 Å². The fraction of sp³-hybridized carbons (Fsp3) is 0.364. The predicted molar refractivity (Wildman–Crippen MR) is 161 cm³/mol. The summed E-state index contributed by atoms with van der Waals surface area (Å²) >= 11 is 0. The third kappa shape index (κ3) is 8.43. The largest absolute Gasteiger partial charge is 0.444 e. The highest BCUT2D eigenvalue weighted by Crippen LogP contribution is 2.27. The van der Waals surface area contributed by atoms with Gasteiger partial charge in [0.25, 0.3) is 5.91 Å². The number of fused-ring (bicyclic) bond motifs is 1. The molecule has 0 saturated heterocycles. The molecule has 212 valence electrons. The maximum Gasteiger partial charge on any atom is 0.408 e. The van der Waals surface area contributed by atoms with Crippen molar-refractivity contribution >= 4 is 34.4 Å². The molecule has 0 spiro atoms. The number of nitrogens with zero attached hydrogens (tertiary/aromatic N) is 1. The van der Waals surface area contributed by atoms with Gasteiger partial charge in [-0.25, -0.2) is 4.79 Å². The van der Waals surface area contributed by atoms with Crippen LogP contribution in [0.4, 0.5) is 10.5 Å². The van der Waals surface area contributed by atoms with Crippen molar-refractivity contribution in [3.8, 4) is 0 Å². The highest BCUT2D eigenvalue weighted by atomic mass is 16.6. The second-order valence-corrected chi connectivity index (χ2v) is 11.5. The number of carbonyl (C=O) groups is 3. The van der Waals surface area contributed by atoms with Gasteiger partial charge in [0.05, 0.1) is 0 Å². The van der Waals surface area contributed by atoms with Crippen molar-refractivity contribution in [1.29, 1.82) is 0 Å². The minimum Gasteiger partial charge on any atom is -0.444 e. The third-order valence-corrected chi connectivity index (χ3v) is 6.24. The number of anilines is 1. The van der Waals surface area contributed by atoms with Gasteiger partial charge in [-0.1, -0.05) is 80.1 Å². The number of aryl methyl sites for hydroxylation is 1. The maximum atomic E-state index is 14.1. The normalized spacial score (nSPS) is 12.9. The first-order valence-electron chi connectivity index (χ1n) is 13.6. The van der Waals surface area contributed by atoms with Gasteiger partial charge < -0.3 is 20.3 Å². The minimum absolute atomic E-state index is 0.0957. The fourth-order valence-electron chi connectivity index (χ4n) is 4.60. The number of carbonyl (C=O) groups excluding carboxylic acids is 3. The van der Waals surface area contributed by atoms with Crippen LogP contribution in [0.5, 0.6) is 0 Å². The molecule has 3 aromatic rings. The molecule has 2 N–H and O–H groups in total. The van der Waals surface area contributed by atoms with Gasteiger partial charge in [0.15, 0.2) is 0 Å². The van der Waals surface area contributed by atoms with Crippen molar-refractivity contribution in [2.75, 3.05) is 11.9 Å². The molecule has 3 rings (SSSR count). The van der Waals surface area contributed by atoms with Crippen molar-refractivity contribution in [3.63, 3.8) is 0 Å². The number of amides is 3. The highest BCUT2D eigenvalue weighted by Gasteiger charge is 2.36. The van der Waals surface area contributed by atoms with E-state index in [1.54, 1.807) is 26.8 Å². The molecule has 7 heteroatoms. The second kappa shape index (κ2) is 13.3. The van der Waals surface area contributed by atoms with Crippen LogP contribution < -0.4 is 10.6 Å². The number of rotatable bonds is 10. The van der Waals surface area contributed by atoms with E-state index >= 15 is 0 Å². The molecule has 2 atom stereocenters. The van der Waals surface area contributed by atoms with Crippen molar-refractivity contribution in [1.82, 2.24) is 10.2 Å². The molecule has 40 heavy (non-hydrogen) atoms. The Labute approximate surface area is 237 Å². The van der Waals surface area contributed by atoms with Gasteiger partial charge in [-0.3, -0.25) is 9.59 Å². The molecule has 7 nitrogen and oxygen atoms in total. The number of nitrogens with one attached hydrogen (secondary N) is 2. The topological polar surface area (TPSA) is 87.7 Å². The molecular weight excluding hydrogens is 502 g/mol. The van der Waals surface area contributed by atoms with Gasteiger partial charge in [-0.2, -0.15) is 0 Å². The van der Waals surface area contributed by atoms with Gasteiger partial charge in [0, 0.05) is 12.2 Å². The Kier molecular flexibility index (Phi) is 10.1. The number of alkyl carbamates (subject to hydrolysis) is 1. The zero-order valence-corrected chi connectivity index (χ0v) is 24.4. The zero-order valence-electron chi connectivity index (χ0n) is 24.4. The summed E-state index contributed by atoms with van der Waals surface area (Å²) < 4.78 is 5.44. The smallest absolute Gasteiger partial charge is 0.408 e. The van der Waals surface area contributed by atoms with E-state index in [4.69, 9.17) is 4.74 Å². The molecule has 0 bridgehead atoms. The van der Waals surface area contributed by atoms with Gasteiger partial charge >= 0.3 is 6.09 Å². The summed E-state index contributed by atoms with van der Waals surface area (Å²) in [5.74, 6) is -0.658. The van der Waals surface area contributed by atoms with Crippen molar-refractivity contribution < 1.29 is 19.1 Å². The Morgan fingerprint density at radius 3 is 2.30 bits per heavy atom. The number of benzene rings is 3. The summed E-state index contributed by atoms with van der Waals surface area (Å²) in [4.78, 5) is 42.3. The zero-order chi connectivity index (χ0) is 29.4. The van der Waals surface area contributed by atoms with Crippen molar-refractivity contribution in [3.05, 3.63) is 90.5 Å². The molecule has 2 unspecified atom stereocenters. The van der Waals surface area contributed by atoms with Crippen molar-refractivity contribution in [2.24, 2.45) is 5.92 Å². The summed E-state index contributed by atoms with van der Waals surface area (Å²) in [6.45, 7) is 15.1. The van der Waals surface area contributed by atoms with Gasteiger partial charge in [-0.05, 0) is 68.5 Å². The van der Waals surface area contributed by atoms with E-state index < -0.39 is 23.8 Å². The van der Waals surface area contributed by atoms with Crippen LogP contribution >= 0.6 is 0 Å². The molecule has 0 aliphatic rings. The van der Waals surface area contributed by atoms with Crippen LogP contribution in [-0.4, -0.2) is 41.0 Å². The Hall–Kier alpha value is -4.13. The summed E-state index contributed by atoms with van der Waals surface area (Å²) in [5.41, 5.74) is 1.52. The molecular formula is C33H41N3O4. The second-order valence-electron chi connectivity index (χ2n) is 11.5. The van der Waals surface area contributed by atoms with E-state index in [1.165, 1.54) is 4.90 Å². The van der Waals surface area contributed by atoms with E-state index in [0.29, 0.717) is 17.7 Å². The lowest BCUT2D eigenvalue weighted by Gasteiger charge is -2.34. The average Bonchev–Trinajstić information content (AvgIpc) is 2.86. The Morgan fingerprint density at radius 1 is 0.975 bits per heavy atom. The lowest BCUT2D eigenvalue weighted by molar-refractivity contribution is -0.140. The monoisotopic (exact) mass is 543 g/mol.